The van der Waals surface area contributed by atoms with Crippen molar-refractivity contribution in [3.63, 3.8) is 0 Å². The van der Waals surface area contributed by atoms with Crippen molar-refractivity contribution in [2.24, 2.45) is 0 Å². The standard InChI is InChI=1S/C13H21.C4H10N.2ClH.Ti/c1-3-5-7-12-9-10-13(11-12)8-6-4-2;1-4-5(2)3;;;/h11H,3-9H2,1-2H3;4H,1-3H3;2*1H;/q2*-1;;;+2. The Morgan fingerprint density at radius 1 is 1.10 bits per heavy atom. The van der Waals surface area contributed by atoms with Gasteiger partial charge in [-0.05, 0) is 20.5 Å². The molecule has 0 aromatic carbocycles. The molecule has 1 aliphatic rings. The van der Waals surface area contributed by atoms with Gasteiger partial charge in [0.05, 0.1) is 0 Å². The second kappa shape index (κ2) is 20.7. The van der Waals surface area contributed by atoms with E-state index in [1.54, 1.807) is 5.57 Å². The molecule has 0 N–H and O–H groups in total. The van der Waals surface area contributed by atoms with E-state index in [2.05, 4.69) is 26.0 Å². The zero-order valence-corrected chi connectivity index (χ0v) is 17.6. The molecule has 0 amide bonds. The molecule has 0 saturated carbocycles. The van der Waals surface area contributed by atoms with Crippen LogP contribution < -0.4 is 0 Å². The molecule has 0 saturated heterocycles. The maximum Gasteiger partial charge on any atom is 2.00 e. The molecule has 0 aliphatic heterocycles. The molecule has 1 rings (SSSR count). The number of allylic oxidation sites excluding steroid dienone is 4. The number of rotatable bonds is 7. The van der Waals surface area contributed by atoms with E-state index < -0.39 is 0 Å². The van der Waals surface area contributed by atoms with E-state index in [-0.39, 0.29) is 46.5 Å². The Hall–Kier alpha value is 0.734. The first-order chi connectivity index (χ1) is 8.63. The van der Waals surface area contributed by atoms with Gasteiger partial charge in [-0.15, -0.1) is 31.2 Å². The van der Waals surface area contributed by atoms with Crippen LogP contribution in [0.1, 0.15) is 65.7 Å². The predicted molar refractivity (Wildman–Crippen MR) is 96.7 cm³/mol. The number of halogens is 2. The SMILES string of the molecule is CCCCC1=[C-]CC(CCCC)=C1.C[CH-]N(C)C.Cl.Cl.[Ti+2]. The van der Waals surface area contributed by atoms with Crippen LogP contribution in [0.25, 0.3) is 0 Å². The molecule has 0 fully saturated rings. The summed E-state index contributed by atoms with van der Waals surface area (Å²) in [6.45, 7) is 8.50. The Bertz CT molecular complexity index is 264. The van der Waals surface area contributed by atoms with Crippen LogP contribution in [0.15, 0.2) is 17.2 Å². The molecular formula is C17H33Cl2NTi. The molecule has 21 heavy (non-hydrogen) atoms. The molecule has 0 unspecified atom stereocenters. The molecule has 0 aromatic rings. The van der Waals surface area contributed by atoms with Crippen LogP contribution in [0, 0.1) is 12.6 Å². The van der Waals surface area contributed by atoms with Crippen LogP contribution in [0.3, 0.4) is 0 Å². The van der Waals surface area contributed by atoms with Crippen molar-refractivity contribution in [1.29, 1.82) is 0 Å². The second-order valence-electron chi connectivity index (χ2n) is 5.11. The molecule has 0 bridgehead atoms. The van der Waals surface area contributed by atoms with E-state index in [0.29, 0.717) is 0 Å². The zero-order valence-electron chi connectivity index (χ0n) is 14.4. The maximum atomic E-state index is 3.47. The summed E-state index contributed by atoms with van der Waals surface area (Å²) >= 11 is 0. The first-order valence-electron chi connectivity index (χ1n) is 7.39. The summed E-state index contributed by atoms with van der Waals surface area (Å²) in [4.78, 5) is 2.00. The van der Waals surface area contributed by atoms with E-state index in [1.807, 2.05) is 32.5 Å². The molecular weight excluding hydrogens is 337 g/mol. The summed E-state index contributed by atoms with van der Waals surface area (Å²) in [5.41, 5.74) is 3.07. The maximum absolute atomic E-state index is 3.47. The van der Waals surface area contributed by atoms with Gasteiger partial charge >= 0.3 is 21.7 Å². The molecule has 124 valence electrons. The monoisotopic (exact) mass is 369 g/mol. The van der Waals surface area contributed by atoms with Crippen LogP contribution in [0.2, 0.25) is 0 Å². The molecule has 0 radical (unpaired) electrons. The molecule has 1 aliphatic carbocycles. The Labute approximate surface area is 160 Å². The Balaban J connectivity index is -0.000000159. The quantitative estimate of drug-likeness (QED) is 0.393. The number of unbranched alkanes of at least 4 members (excludes halogenated alkanes) is 2. The Morgan fingerprint density at radius 2 is 1.57 bits per heavy atom. The third-order valence-electron chi connectivity index (χ3n) is 3.09. The zero-order chi connectivity index (χ0) is 13.8. The summed E-state index contributed by atoms with van der Waals surface area (Å²) in [6, 6.07) is 0. The van der Waals surface area contributed by atoms with Crippen LogP contribution in [-0.2, 0) is 21.7 Å². The van der Waals surface area contributed by atoms with E-state index in [9.17, 15) is 0 Å². The molecule has 0 heterocycles. The summed E-state index contributed by atoms with van der Waals surface area (Å²) in [5, 5.41) is 0. The van der Waals surface area contributed by atoms with Crippen LogP contribution in [0.5, 0.6) is 0 Å². The minimum absolute atomic E-state index is 0. The van der Waals surface area contributed by atoms with Gasteiger partial charge in [0.15, 0.2) is 0 Å². The summed E-state index contributed by atoms with van der Waals surface area (Å²) in [7, 11) is 4.00. The first-order valence-corrected chi connectivity index (χ1v) is 7.39. The van der Waals surface area contributed by atoms with E-state index >= 15 is 0 Å². The van der Waals surface area contributed by atoms with Crippen molar-refractivity contribution < 1.29 is 21.7 Å². The van der Waals surface area contributed by atoms with Gasteiger partial charge in [0, 0.05) is 0 Å². The molecule has 0 atom stereocenters. The number of hydrogen-bond acceptors (Lipinski definition) is 1. The van der Waals surface area contributed by atoms with Gasteiger partial charge in [0.25, 0.3) is 0 Å². The van der Waals surface area contributed by atoms with Gasteiger partial charge in [-0.3, -0.25) is 12.6 Å². The van der Waals surface area contributed by atoms with Crippen molar-refractivity contribution in [1.82, 2.24) is 4.90 Å². The van der Waals surface area contributed by atoms with Crippen LogP contribution in [0.4, 0.5) is 0 Å². The normalized spacial score (nSPS) is 12.1. The fourth-order valence-electron chi connectivity index (χ4n) is 1.67. The number of nitrogens with zero attached hydrogens (tertiary/aromatic N) is 1. The smallest absolute Gasteiger partial charge is 0.462 e. The van der Waals surface area contributed by atoms with Crippen molar-refractivity contribution in [2.45, 2.75) is 65.7 Å². The molecule has 4 heteroatoms. The average molecular weight is 370 g/mol. The Morgan fingerprint density at radius 3 is 2.00 bits per heavy atom. The van der Waals surface area contributed by atoms with Crippen molar-refractivity contribution in [3.05, 3.63) is 29.8 Å². The van der Waals surface area contributed by atoms with Gasteiger partial charge in [-0.2, -0.15) is 12.5 Å². The van der Waals surface area contributed by atoms with Gasteiger partial charge < -0.3 is 4.90 Å². The summed E-state index contributed by atoms with van der Waals surface area (Å²) in [5.74, 6) is 0. The third-order valence-corrected chi connectivity index (χ3v) is 3.09. The molecule has 0 aromatic heterocycles. The first kappa shape index (κ1) is 29.7. The Kier molecular flexibility index (Phi) is 29.3. The minimum Gasteiger partial charge on any atom is -0.462 e. The predicted octanol–water partition coefficient (Wildman–Crippen LogP) is 6.00. The van der Waals surface area contributed by atoms with Crippen LogP contribution in [-0.4, -0.2) is 19.0 Å². The topological polar surface area (TPSA) is 3.24 Å². The van der Waals surface area contributed by atoms with Crippen LogP contribution >= 0.6 is 24.8 Å². The minimum atomic E-state index is 0. The largest absolute Gasteiger partial charge is 2.00 e. The molecule has 1 nitrogen and oxygen atoms in total. The molecule has 0 spiro atoms. The van der Waals surface area contributed by atoms with Gasteiger partial charge in [-0.25, -0.2) is 11.6 Å². The summed E-state index contributed by atoms with van der Waals surface area (Å²) in [6.07, 6.45) is 14.8. The van der Waals surface area contributed by atoms with Gasteiger partial charge in [0.2, 0.25) is 0 Å². The van der Waals surface area contributed by atoms with Gasteiger partial charge in [-0.1, -0.05) is 46.0 Å². The van der Waals surface area contributed by atoms with Gasteiger partial charge in [0.1, 0.15) is 0 Å². The second-order valence-corrected chi connectivity index (χ2v) is 5.11. The van der Waals surface area contributed by atoms with Crippen molar-refractivity contribution >= 4 is 24.8 Å². The third kappa shape index (κ3) is 18.7. The number of hydrogen-bond donors (Lipinski definition) is 0. The van der Waals surface area contributed by atoms with Crippen molar-refractivity contribution in [2.75, 3.05) is 14.1 Å². The fourth-order valence-corrected chi connectivity index (χ4v) is 1.67. The van der Waals surface area contributed by atoms with E-state index in [0.717, 1.165) is 6.42 Å². The average Bonchev–Trinajstić information content (AvgIpc) is 2.82. The van der Waals surface area contributed by atoms with E-state index in [1.165, 1.54) is 44.1 Å². The van der Waals surface area contributed by atoms with E-state index in [4.69, 9.17) is 0 Å². The van der Waals surface area contributed by atoms with Crippen molar-refractivity contribution in [3.8, 4) is 0 Å². The summed E-state index contributed by atoms with van der Waals surface area (Å²) < 4.78 is 0. The fraction of sp³-hybridized carbons (Fsp3) is 0.706.